The van der Waals surface area contributed by atoms with Crippen molar-refractivity contribution in [2.24, 2.45) is 0 Å². The maximum absolute atomic E-state index is 12.6. The highest BCUT2D eigenvalue weighted by atomic mass is 32.2. The summed E-state index contributed by atoms with van der Waals surface area (Å²) in [5, 5.41) is 3.17. The van der Waals surface area contributed by atoms with Gasteiger partial charge in [0.15, 0.2) is 0 Å². The van der Waals surface area contributed by atoms with E-state index in [4.69, 9.17) is 14.2 Å². The molecule has 1 fully saturated rings. The zero-order valence-corrected chi connectivity index (χ0v) is 16.7. The van der Waals surface area contributed by atoms with Crippen LogP contribution in [0.1, 0.15) is 6.92 Å². The quantitative estimate of drug-likeness (QED) is 0.631. The van der Waals surface area contributed by atoms with E-state index in [0.29, 0.717) is 46.1 Å². The lowest BCUT2D eigenvalue weighted by Crippen LogP contribution is -2.40. The standard InChI is InChI=1S/C19H25N3O5S/c1-2-26-16-3-5-17(6-4-16)27-12-9-20-19-8-7-18(15-21-19)28(23,24)22-10-13-25-14-11-22/h3-8,15H,2,9-14H2,1H3,(H,20,21)/p+1. The van der Waals surface area contributed by atoms with Gasteiger partial charge in [-0.2, -0.15) is 4.31 Å². The van der Waals surface area contributed by atoms with E-state index in [0.717, 1.165) is 17.3 Å². The lowest BCUT2D eigenvalue weighted by Gasteiger charge is -2.25. The summed E-state index contributed by atoms with van der Waals surface area (Å²) in [6.07, 6.45) is 1.50. The molecular weight excluding hydrogens is 382 g/mol. The smallest absolute Gasteiger partial charge is 0.272 e. The van der Waals surface area contributed by atoms with Gasteiger partial charge in [-0.1, -0.05) is 0 Å². The summed E-state index contributed by atoms with van der Waals surface area (Å²) in [5.41, 5.74) is 0. The topological polar surface area (TPSA) is 91.2 Å². The van der Waals surface area contributed by atoms with E-state index in [1.54, 1.807) is 12.1 Å². The van der Waals surface area contributed by atoms with Gasteiger partial charge in [-0.05, 0) is 37.3 Å². The first-order valence-electron chi connectivity index (χ1n) is 9.29. The fraction of sp³-hybridized carbons (Fsp3) is 0.421. The molecule has 3 rings (SSSR count). The molecule has 152 valence electrons. The first-order valence-corrected chi connectivity index (χ1v) is 10.7. The molecule has 0 spiro atoms. The van der Waals surface area contributed by atoms with Crippen molar-refractivity contribution >= 4 is 15.8 Å². The average Bonchev–Trinajstić information content (AvgIpc) is 2.73. The van der Waals surface area contributed by atoms with Crippen molar-refractivity contribution in [1.29, 1.82) is 0 Å². The molecule has 28 heavy (non-hydrogen) atoms. The molecule has 0 bridgehead atoms. The molecule has 0 unspecified atom stereocenters. The van der Waals surface area contributed by atoms with Crippen molar-refractivity contribution in [3.8, 4) is 11.5 Å². The minimum atomic E-state index is -3.49. The van der Waals surface area contributed by atoms with E-state index in [1.165, 1.54) is 10.5 Å². The van der Waals surface area contributed by atoms with Crippen molar-refractivity contribution in [1.82, 2.24) is 4.31 Å². The summed E-state index contributed by atoms with van der Waals surface area (Å²) in [6.45, 7) is 5.23. The largest absolute Gasteiger partial charge is 0.494 e. The minimum Gasteiger partial charge on any atom is -0.494 e. The third-order valence-electron chi connectivity index (χ3n) is 4.21. The van der Waals surface area contributed by atoms with E-state index < -0.39 is 10.0 Å². The first-order chi connectivity index (χ1) is 13.6. The number of aromatic amines is 1. The summed E-state index contributed by atoms with van der Waals surface area (Å²) < 4.78 is 42.9. The second-order valence-corrected chi connectivity index (χ2v) is 8.07. The molecule has 1 saturated heterocycles. The van der Waals surface area contributed by atoms with Gasteiger partial charge >= 0.3 is 0 Å². The van der Waals surface area contributed by atoms with Gasteiger partial charge in [0.05, 0.1) is 19.8 Å². The van der Waals surface area contributed by atoms with Crippen molar-refractivity contribution in [2.75, 3.05) is 51.4 Å². The summed E-state index contributed by atoms with van der Waals surface area (Å²) in [5.74, 6) is 2.30. The van der Waals surface area contributed by atoms with Gasteiger partial charge in [0, 0.05) is 19.2 Å². The van der Waals surface area contributed by atoms with Gasteiger partial charge in [-0.15, -0.1) is 0 Å². The van der Waals surface area contributed by atoms with Crippen LogP contribution in [-0.4, -0.2) is 58.8 Å². The number of H-pyrrole nitrogens is 1. The molecule has 2 N–H and O–H groups in total. The van der Waals surface area contributed by atoms with Crippen LogP contribution < -0.4 is 19.8 Å². The molecule has 0 radical (unpaired) electrons. The Hall–Kier alpha value is -2.36. The summed E-state index contributed by atoms with van der Waals surface area (Å²) in [4.78, 5) is 3.22. The normalized spacial score (nSPS) is 15.2. The van der Waals surface area contributed by atoms with E-state index in [-0.39, 0.29) is 4.90 Å². The van der Waals surface area contributed by atoms with Crippen LogP contribution in [0, 0.1) is 0 Å². The highest BCUT2D eigenvalue weighted by Crippen LogP contribution is 2.18. The van der Waals surface area contributed by atoms with Crippen LogP contribution in [0.2, 0.25) is 0 Å². The highest BCUT2D eigenvalue weighted by molar-refractivity contribution is 7.89. The van der Waals surface area contributed by atoms with Gasteiger partial charge in [0.2, 0.25) is 10.0 Å². The predicted octanol–water partition coefficient (Wildman–Crippen LogP) is 1.41. The number of pyridine rings is 1. The molecule has 0 saturated carbocycles. The van der Waals surface area contributed by atoms with Gasteiger partial charge < -0.3 is 14.2 Å². The Morgan fingerprint density at radius 2 is 1.75 bits per heavy atom. The number of morpholine rings is 1. The van der Waals surface area contributed by atoms with Gasteiger partial charge in [0.1, 0.15) is 35.7 Å². The zero-order chi connectivity index (χ0) is 19.8. The Balaban J connectivity index is 1.46. The molecular formula is C19H26N3O5S+. The lowest BCUT2D eigenvalue weighted by molar-refractivity contribution is -0.364. The maximum Gasteiger partial charge on any atom is 0.272 e. The molecule has 2 heterocycles. The molecule has 9 heteroatoms. The van der Waals surface area contributed by atoms with Crippen molar-refractivity contribution in [2.45, 2.75) is 11.8 Å². The maximum atomic E-state index is 12.6. The van der Waals surface area contributed by atoms with Crippen LogP contribution in [-0.2, 0) is 14.8 Å². The number of anilines is 1. The van der Waals surface area contributed by atoms with Crippen LogP contribution in [0.25, 0.3) is 0 Å². The second-order valence-electron chi connectivity index (χ2n) is 6.13. The number of aromatic nitrogens is 1. The van der Waals surface area contributed by atoms with Crippen LogP contribution in [0.15, 0.2) is 47.5 Å². The van der Waals surface area contributed by atoms with Crippen molar-refractivity contribution < 1.29 is 27.6 Å². The van der Waals surface area contributed by atoms with E-state index in [9.17, 15) is 8.42 Å². The molecule has 0 atom stereocenters. The highest BCUT2D eigenvalue weighted by Gasteiger charge is 2.27. The number of rotatable bonds is 9. The number of hydrogen-bond donors (Lipinski definition) is 1. The average molecular weight is 409 g/mol. The zero-order valence-electron chi connectivity index (χ0n) is 15.9. The van der Waals surface area contributed by atoms with Crippen LogP contribution in [0.5, 0.6) is 11.5 Å². The van der Waals surface area contributed by atoms with Crippen LogP contribution in [0.4, 0.5) is 5.82 Å². The predicted molar refractivity (Wildman–Crippen MR) is 104 cm³/mol. The number of hydrogen-bond acceptors (Lipinski definition) is 6. The number of nitrogens with zero attached hydrogens (tertiary/aromatic N) is 1. The first kappa shape index (κ1) is 20.4. The summed E-state index contributed by atoms with van der Waals surface area (Å²) in [6, 6.07) is 10.8. The van der Waals surface area contributed by atoms with E-state index in [2.05, 4.69) is 10.3 Å². The molecule has 8 nitrogen and oxygen atoms in total. The third kappa shape index (κ3) is 5.34. The number of nitrogens with one attached hydrogen (secondary N) is 2. The molecule has 1 aromatic carbocycles. The van der Waals surface area contributed by atoms with Crippen LogP contribution >= 0.6 is 0 Å². The molecule has 1 aliphatic rings. The van der Waals surface area contributed by atoms with E-state index >= 15 is 0 Å². The Labute approximate surface area is 165 Å². The van der Waals surface area contributed by atoms with Crippen molar-refractivity contribution in [3.05, 3.63) is 42.6 Å². The molecule has 2 aromatic rings. The summed E-state index contributed by atoms with van der Waals surface area (Å²) in [7, 11) is -3.49. The van der Waals surface area contributed by atoms with Gasteiger partial charge in [0.25, 0.3) is 5.82 Å². The molecule has 0 aliphatic carbocycles. The second kappa shape index (κ2) is 9.72. The Morgan fingerprint density at radius 3 is 2.36 bits per heavy atom. The Kier molecular flexibility index (Phi) is 7.07. The Morgan fingerprint density at radius 1 is 1.07 bits per heavy atom. The fourth-order valence-corrected chi connectivity index (χ4v) is 4.15. The van der Waals surface area contributed by atoms with Gasteiger partial charge in [-0.25, -0.2) is 13.4 Å². The molecule has 1 aromatic heterocycles. The van der Waals surface area contributed by atoms with Crippen molar-refractivity contribution in [3.63, 3.8) is 0 Å². The number of sulfonamides is 1. The number of ether oxygens (including phenoxy) is 3. The monoisotopic (exact) mass is 408 g/mol. The molecule has 1 aliphatic heterocycles. The summed E-state index contributed by atoms with van der Waals surface area (Å²) >= 11 is 0. The molecule has 0 amide bonds. The SMILES string of the molecule is CCOc1ccc(OCCNc2ccc(S(=O)(=O)N3CCOCC3)c[nH+]2)cc1. The fourth-order valence-electron chi connectivity index (χ4n) is 2.77. The number of benzene rings is 1. The van der Waals surface area contributed by atoms with Crippen LogP contribution in [0.3, 0.4) is 0 Å². The third-order valence-corrected chi connectivity index (χ3v) is 6.11. The van der Waals surface area contributed by atoms with E-state index in [1.807, 2.05) is 31.2 Å². The van der Waals surface area contributed by atoms with Gasteiger partial charge in [-0.3, -0.25) is 5.32 Å². The minimum absolute atomic E-state index is 0.241. The Bertz CT molecular complexity index is 835. The lowest BCUT2D eigenvalue weighted by atomic mass is 10.3.